The summed E-state index contributed by atoms with van der Waals surface area (Å²) < 4.78 is 1.65. The van der Waals surface area contributed by atoms with Crippen LogP contribution in [0.1, 0.15) is 5.56 Å². The molecule has 2 aromatic carbocycles. The molecule has 4 rings (SSSR count). The molecule has 0 aliphatic carbocycles. The molecule has 0 unspecified atom stereocenters. The Morgan fingerprint density at radius 2 is 1.74 bits per heavy atom. The summed E-state index contributed by atoms with van der Waals surface area (Å²) in [7, 11) is 0. The molecule has 112 valence electrons. The first-order chi connectivity index (χ1) is 11.2. The van der Waals surface area contributed by atoms with Crippen molar-refractivity contribution >= 4 is 11.0 Å². The average molecular weight is 303 g/mol. The fraction of sp³-hybridized carbons (Fsp3) is 0.0588. The van der Waals surface area contributed by atoms with Gasteiger partial charge in [0, 0.05) is 5.56 Å². The maximum absolute atomic E-state index is 12.3. The molecule has 2 aromatic heterocycles. The van der Waals surface area contributed by atoms with E-state index in [0.29, 0.717) is 16.7 Å². The van der Waals surface area contributed by atoms with E-state index in [1.807, 2.05) is 61.5 Å². The zero-order valence-corrected chi connectivity index (χ0v) is 12.4. The molecule has 0 bridgehead atoms. The van der Waals surface area contributed by atoms with Crippen molar-refractivity contribution in [1.29, 1.82) is 0 Å². The molecule has 0 amide bonds. The highest BCUT2D eigenvalue weighted by Gasteiger charge is 2.18. The van der Waals surface area contributed by atoms with Gasteiger partial charge < -0.3 is 0 Å². The monoisotopic (exact) mass is 303 g/mol. The van der Waals surface area contributed by atoms with E-state index in [1.54, 1.807) is 4.68 Å². The number of benzene rings is 2. The van der Waals surface area contributed by atoms with Crippen molar-refractivity contribution in [2.75, 3.05) is 0 Å². The molecule has 0 saturated heterocycles. The first kappa shape index (κ1) is 13.4. The van der Waals surface area contributed by atoms with Crippen molar-refractivity contribution in [1.82, 2.24) is 25.2 Å². The van der Waals surface area contributed by atoms with Crippen molar-refractivity contribution < 1.29 is 0 Å². The van der Waals surface area contributed by atoms with Crippen LogP contribution in [-0.4, -0.2) is 25.2 Å². The molecular weight excluding hydrogens is 290 g/mol. The number of aromatic amines is 1. The lowest BCUT2D eigenvalue weighted by molar-refractivity contribution is 0.830. The van der Waals surface area contributed by atoms with Crippen LogP contribution in [0.2, 0.25) is 0 Å². The number of aryl methyl sites for hydroxylation is 1. The summed E-state index contributed by atoms with van der Waals surface area (Å²) >= 11 is 0. The molecule has 6 heteroatoms. The van der Waals surface area contributed by atoms with Crippen molar-refractivity contribution in [2.24, 2.45) is 0 Å². The average Bonchev–Trinajstić information content (AvgIpc) is 2.97. The van der Waals surface area contributed by atoms with Crippen LogP contribution in [0.25, 0.3) is 28.0 Å². The molecule has 0 radical (unpaired) electrons. The van der Waals surface area contributed by atoms with E-state index in [2.05, 4.69) is 20.5 Å². The van der Waals surface area contributed by atoms with Gasteiger partial charge in [0.25, 0.3) is 5.56 Å². The minimum atomic E-state index is -0.299. The van der Waals surface area contributed by atoms with Crippen LogP contribution in [0.4, 0.5) is 0 Å². The lowest BCUT2D eigenvalue weighted by Gasteiger charge is -2.02. The normalized spacial score (nSPS) is 11.0. The zero-order chi connectivity index (χ0) is 15.8. The van der Waals surface area contributed by atoms with Gasteiger partial charge in [0.2, 0.25) is 0 Å². The van der Waals surface area contributed by atoms with Gasteiger partial charge in [-0.15, -0.1) is 5.10 Å². The molecule has 6 nitrogen and oxygen atoms in total. The smallest absolute Gasteiger partial charge is 0.267 e. The number of nitrogens with one attached hydrogen (secondary N) is 1. The van der Waals surface area contributed by atoms with Gasteiger partial charge in [0.1, 0.15) is 11.1 Å². The highest BCUT2D eigenvalue weighted by molar-refractivity contribution is 5.91. The van der Waals surface area contributed by atoms with Gasteiger partial charge in [-0.25, -0.2) is 9.78 Å². The van der Waals surface area contributed by atoms with Crippen LogP contribution in [0, 0.1) is 6.92 Å². The quantitative estimate of drug-likeness (QED) is 0.617. The van der Waals surface area contributed by atoms with Crippen LogP contribution in [-0.2, 0) is 0 Å². The van der Waals surface area contributed by atoms with Gasteiger partial charge in [0.05, 0.1) is 5.69 Å². The second-order valence-electron chi connectivity index (χ2n) is 5.30. The van der Waals surface area contributed by atoms with Crippen LogP contribution >= 0.6 is 0 Å². The van der Waals surface area contributed by atoms with Gasteiger partial charge in [-0.1, -0.05) is 53.2 Å². The minimum absolute atomic E-state index is 0.299. The topological polar surface area (TPSA) is 76.5 Å². The summed E-state index contributed by atoms with van der Waals surface area (Å²) in [6, 6.07) is 17.5. The van der Waals surface area contributed by atoms with Crippen molar-refractivity contribution in [3.8, 4) is 16.9 Å². The molecule has 0 spiro atoms. The van der Waals surface area contributed by atoms with E-state index >= 15 is 0 Å². The third-order valence-electron chi connectivity index (χ3n) is 3.71. The summed E-state index contributed by atoms with van der Waals surface area (Å²) in [5.74, 6) is 0. The van der Waals surface area contributed by atoms with Crippen LogP contribution in [0.5, 0.6) is 0 Å². The fourth-order valence-corrected chi connectivity index (χ4v) is 2.55. The Morgan fingerprint density at radius 1 is 1.00 bits per heavy atom. The maximum atomic E-state index is 12.3. The third kappa shape index (κ3) is 2.20. The summed E-state index contributed by atoms with van der Waals surface area (Å²) in [6.45, 7) is 2.02. The molecule has 0 fully saturated rings. The highest BCUT2D eigenvalue weighted by atomic mass is 16.1. The van der Waals surface area contributed by atoms with E-state index in [-0.39, 0.29) is 5.56 Å². The Hall–Kier alpha value is -3.28. The molecular formula is C17H13N5O. The lowest BCUT2D eigenvalue weighted by Crippen LogP contribution is -2.10. The minimum Gasteiger partial charge on any atom is -0.267 e. The molecule has 0 atom stereocenters. The van der Waals surface area contributed by atoms with Gasteiger partial charge in [-0.05, 0) is 19.1 Å². The second kappa shape index (κ2) is 5.17. The maximum Gasteiger partial charge on any atom is 0.278 e. The summed E-state index contributed by atoms with van der Waals surface area (Å²) in [5, 5.41) is 15.2. The Labute approximate surface area is 131 Å². The van der Waals surface area contributed by atoms with E-state index in [4.69, 9.17) is 0 Å². The van der Waals surface area contributed by atoms with E-state index in [0.717, 1.165) is 16.8 Å². The predicted molar refractivity (Wildman–Crippen MR) is 87.5 cm³/mol. The number of nitrogens with zero attached hydrogens (tertiary/aromatic N) is 4. The third-order valence-corrected chi connectivity index (χ3v) is 3.71. The molecule has 1 N–H and O–H groups in total. The number of fused-ring (bicyclic) bond motifs is 1. The lowest BCUT2D eigenvalue weighted by atomic mass is 10.1. The van der Waals surface area contributed by atoms with Gasteiger partial charge in [0.15, 0.2) is 5.65 Å². The molecule has 0 aliphatic rings. The van der Waals surface area contributed by atoms with Crippen molar-refractivity contribution in [3.05, 3.63) is 70.5 Å². The standard InChI is InChI=1S/C17H13N5O/c1-11-7-9-13(10-8-11)22-16-14(17(23)19-21-18-16)15(20-22)12-5-3-2-4-6-12/h2-10H,1H3,(H,18,19,23). The van der Waals surface area contributed by atoms with Crippen molar-refractivity contribution in [2.45, 2.75) is 6.92 Å². The second-order valence-corrected chi connectivity index (χ2v) is 5.30. The highest BCUT2D eigenvalue weighted by Crippen LogP contribution is 2.25. The number of rotatable bonds is 2. The SMILES string of the molecule is Cc1ccc(-n2nc(-c3ccccc3)c3c(=O)[nH]nnc32)cc1. The molecule has 2 heterocycles. The van der Waals surface area contributed by atoms with Crippen LogP contribution < -0.4 is 5.56 Å². The van der Waals surface area contributed by atoms with Gasteiger partial charge >= 0.3 is 0 Å². The number of H-pyrrole nitrogens is 1. The first-order valence-corrected chi connectivity index (χ1v) is 7.20. The Bertz CT molecular complexity index is 1030. The van der Waals surface area contributed by atoms with E-state index in [1.165, 1.54) is 0 Å². The molecule has 0 saturated carbocycles. The van der Waals surface area contributed by atoms with Gasteiger partial charge in [-0.3, -0.25) is 4.79 Å². The number of aromatic nitrogens is 5. The van der Waals surface area contributed by atoms with Crippen LogP contribution in [0.3, 0.4) is 0 Å². The summed E-state index contributed by atoms with van der Waals surface area (Å²) in [6.07, 6.45) is 0. The molecule has 23 heavy (non-hydrogen) atoms. The molecule has 4 aromatic rings. The van der Waals surface area contributed by atoms with E-state index < -0.39 is 0 Å². The zero-order valence-electron chi connectivity index (χ0n) is 12.4. The van der Waals surface area contributed by atoms with Crippen molar-refractivity contribution in [3.63, 3.8) is 0 Å². The van der Waals surface area contributed by atoms with Crippen LogP contribution in [0.15, 0.2) is 59.4 Å². The largest absolute Gasteiger partial charge is 0.278 e. The van der Waals surface area contributed by atoms with E-state index in [9.17, 15) is 4.79 Å². The number of hydrogen-bond acceptors (Lipinski definition) is 4. The predicted octanol–water partition coefficient (Wildman–Crippen LogP) is 2.48. The summed E-state index contributed by atoms with van der Waals surface area (Å²) in [4.78, 5) is 12.3. The Kier molecular flexibility index (Phi) is 3.01. The Morgan fingerprint density at radius 3 is 2.48 bits per heavy atom. The Balaban J connectivity index is 2.05. The number of hydrogen-bond donors (Lipinski definition) is 1. The fourth-order valence-electron chi connectivity index (χ4n) is 2.55. The summed E-state index contributed by atoms with van der Waals surface area (Å²) in [5.41, 5.74) is 3.59. The van der Waals surface area contributed by atoms with Gasteiger partial charge in [-0.2, -0.15) is 5.10 Å². The first-order valence-electron chi connectivity index (χ1n) is 7.20. The molecule has 0 aliphatic heterocycles.